The molecule has 0 aromatic carbocycles. The van der Waals surface area contributed by atoms with Crippen molar-refractivity contribution in [2.45, 2.75) is 92.8 Å². The van der Waals surface area contributed by atoms with Gasteiger partial charge in [0.2, 0.25) is 0 Å². The van der Waals surface area contributed by atoms with Crippen LogP contribution in [0.1, 0.15) is 6.92 Å². The van der Waals surface area contributed by atoms with E-state index in [1.807, 2.05) is 0 Å². The lowest BCUT2D eigenvalue weighted by Gasteiger charge is -2.46. The van der Waals surface area contributed by atoms with Crippen molar-refractivity contribution in [3.63, 3.8) is 0 Å². The molecule has 14 atom stereocenters. The van der Waals surface area contributed by atoms with Gasteiger partial charge < -0.3 is 70.2 Å². The number of aliphatic hydroxyl groups is 9. The van der Waals surface area contributed by atoms with Gasteiger partial charge >= 0.3 is 0 Å². The van der Waals surface area contributed by atoms with Crippen molar-refractivity contribution in [2.24, 2.45) is 0 Å². The molecule has 188 valence electrons. The number of hydrogen-bond donors (Lipinski definition) is 10. The Labute approximate surface area is 183 Å². The van der Waals surface area contributed by atoms with E-state index in [0.717, 1.165) is 0 Å². The minimum Gasteiger partial charge on any atom is -0.394 e. The molecule has 3 aliphatic heterocycles. The van der Waals surface area contributed by atoms with Crippen molar-refractivity contribution < 1.29 is 64.9 Å². The van der Waals surface area contributed by atoms with Gasteiger partial charge in [-0.2, -0.15) is 0 Å². The molecule has 3 heterocycles. The van der Waals surface area contributed by atoms with Crippen LogP contribution in [0.25, 0.3) is 0 Å². The molecule has 14 heteroatoms. The summed E-state index contributed by atoms with van der Waals surface area (Å²) in [6.45, 7) is 0.800. The van der Waals surface area contributed by atoms with E-state index in [9.17, 15) is 46.0 Å². The van der Waals surface area contributed by atoms with Crippen molar-refractivity contribution in [1.82, 2.24) is 5.32 Å². The molecular formula is C18H33NO13. The molecule has 0 aromatic heterocycles. The van der Waals surface area contributed by atoms with Gasteiger partial charge in [-0.05, 0) is 6.92 Å². The van der Waals surface area contributed by atoms with Crippen LogP contribution in [0.15, 0.2) is 0 Å². The van der Waals surface area contributed by atoms with Crippen LogP contribution in [-0.2, 0) is 18.9 Å². The van der Waals surface area contributed by atoms with Crippen LogP contribution < -0.4 is 5.32 Å². The van der Waals surface area contributed by atoms with E-state index in [1.165, 1.54) is 6.92 Å². The second-order valence-electron chi connectivity index (χ2n) is 8.37. The van der Waals surface area contributed by atoms with Crippen molar-refractivity contribution >= 4 is 0 Å². The van der Waals surface area contributed by atoms with Gasteiger partial charge in [0.05, 0.1) is 24.9 Å². The summed E-state index contributed by atoms with van der Waals surface area (Å²) in [6, 6.07) is 0. The molecule has 0 spiro atoms. The van der Waals surface area contributed by atoms with Crippen LogP contribution in [0.3, 0.4) is 0 Å². The molecular weight excluding hydrogens is 438 g/mol. The third kappa shape index (κ3) is 5.24. The minimum absolute atomic E-state index is 0.00253. The van der Waals surface area contributed by atoms with Gasteiger partial charge in [0, 0.05) is 13.1 Å². The number of nitrogens with one attached hydrogen (secondary N) is 1. The first-order valence-corrected chi connectivity index (χ1v) is 10.4. The highest BCUT2D eigenvalue weighted by atomic mass is 16.7. The summed E-state index contributed by atoms with van der Waals surface area (Å²) in [4.78, 5) is 0. The Hall–Kier alpha value is -0.560. The van der Waals surface area contributed by atoms with E-state index < -0.39 is 92.4 Å². The fourth-order valence-electron chi connectivity index (χ4n) is 4.03. The fraction of sp³-hybridized carbons (Fsp3) is 1.00. The maximum Gasteiger partial charge on any atom is 0.187 e. The van der Waals surface area contributed by atoms with Crippen molar-refractivity contribution in [1.29, 1.82) is 0 Å². The topological polar surface area (TPSA) is 231 Å². The Morgan fingerprint density at radius 2 is 1.25 bits per heavy atom. The highest BCUT2D eigenvalue weighted by molar-refractivity contribution is 4.95. The summed E-state index contributed by atoms with van der Waals surface area (Å²) in [5, 5.41) is 93.3. The molecule has 0 amide bonds. The molecule has 14 nitrogen and oxygen atoms in total. The van der Waals surface area contributed by atoms with Crippen LogP contribution in [-0.4, -0.2) is 151 Å². The lowest BCUT2D eigenvalue weighted by Crippen LogP contribution is -2.64. The van der Waals surface area contributed by atoms with E-state index >= 15 is 0 Å². The van der Waals surface area contributed by atoms with Crippen molar-refractivity contribution in [3.05, 3.63) is 0 Å². The summed E-state index contributed by atoms with van der Waals surface area (Å²) in [7, 11) is 0. The molecule has 3 saturated heterocycles. The van der Waals surface area contributed by atoms with Gasteiger partial charge in [0.25, 0.3) is 0 Å². The van der Waals surface area contributed by atoms with Crippen LogP contribution >= 0.6 is 0 Å². The smallest absolute Gasteiger partial charge is 0.187 e. The molecule has 0 aliphatic carbocycles. The molecule has 0 aromatic rings. The molecule has 0 saturated carbocycles. The monoisotopic (exact) mass is 471 g/mol. The molecule has 3 rings (SSSR count). The first-order valence-electron chi connectivity index (χ1n) is 10.4. The van der Waals surface area contributed by atoms with Crippen LogP contribution in [0, 0.1) is 0 Å². The highest BCUT2D eigenvalue weighted by Crippen LogP contribution is 2.30. The van der Waals surface area contributed by atoms with Crippen LogP contribution in [0.2, 0.25) is 0 Å². The van der Waals surface area contributed by atoms with Crippen molar-refractivity contribution in [2.75, 3.05) is 19.7 Å². The normalized spacial score (nSPS) is 53.1. The quantitative estimate of drug-likeness (QED) is 0.180. The Bertz CT molecular complexity index is 599. The summed E-state index contributed by atoms with van der Waals surface area (Å²) in [5.74, 6) is 0. The molecule has 3 aliphatic rings. The van der Waals surface area contributed by atoms with E-state index in [1.54, 1.807) is 0 Å². The van der Waals surface area contributed by atoms with Crippen molar-refractivity contribution in [3.8, 4) is 0 Å². The van der Waals surface area contributed by atoms with E-state index in [-0.39, 0.29) is 13.1 Å². The van der Waals surface area contributed by atoms with Crippen LogP contribution in [0.5, 0.6) is 0 Å². The average molecular weight is 471 g/mol. The number of β-amino-alcohol motifs (C(OH)–C–C–N with tert-alkyl or cyclic N) is 2. The number of rotatable bonds is 5. The predicted octanol–water partition coefficient (Wildman–Crippen LogP) is -6.29. The summed E-state index contributed by atoms with van der Waals surface area (Å²) in [6.07, 6.45) is -20.3. The highest BCUT2D eigenvalue weighted by Gasteiger charge is 2.51. The zero-order chi connectivity index (χ0) is 23.7. The lowest BCUT2D eigenvalue weighted by molar-refractivity contribution is -0.363. The van der Waals surface area contributed by atoms with Gasteiger partial charge in [-0.3, -0.25) is 0 Å². The van der Waals surface area contributed by atoms with E-state index in [4.69, 9.17) is 18.9 Å². The maximum absolute atomic E-state index is 10.6. The Kier molecular flexibility index (Phi) is 8.79. The standard InChI is InChI=1S/C18H33NO13/c1-5-15(31-18-13(27)11(25)10(24)8(4-20)30-18)12(26)14(28)17(29-5)32-16-7(22)3-19-2-6(21)9(16)23/h5-28H,2-4H2,1H3/t5-,6+,7-,8-,9-,10-,11+,12-,13-,14-,15-,16-,17-,18-/m1/s1. The average Bonchev–Trinajstić information content (AvgIpc) is 2.87. The SMILES string of the molecule is C[C@H]1O[C@H](O[C@H]2[C@H](O)[C@@H](O)CNC[C@H]2O)[C@H](O)[C@@H](O)[C@@H]1O[C@H]1O[C@H](CO)[C@@H](O)[C@H](O)[C@H]1O. The zero-order valence-electron chi connectivity index (χ0n) is 17.4. The Morgan fingerprint density at radius 1 is 0.688 bits per heavy atom. The number of hydrogen-bond acceptors (Lipinski definition) is 14. The second-order valence-corrected chi connectivity index (χ2v) is 8.37. The molecule has 0 unspecified atom stereocenters. The summed E-state index contributed by atoms with van der Waals surface area (Å²) >= 11 is 0. The largest absolute Gasteiger partial charge is 0.394 e. The Balaban J connectivity index is 1.67. The second kappa shape index (κ2) is 10.8. The van der Waals surface area contributed by atoms with E-state index in [2.05, 4.69) is 5.32 Å². The molecule has 3 fully saturated rings. The van der Waals surface area contributed by atoms with Gasteiger partial charge in [-0.25, -0.2) is 0 Å². The molecule has 0 bridgehead atoms. The minimum atomic E-state index is -1.73. The number of ether oxygens (including phenoxy) is 4. The first-order chi connectivity index (χ1) is 15.1. The van der Waals surface area contributed by atoms with Gasteiger partial charge in [-0.1, -0.05) is 0 Å². The predicted molar refractivity (Wildman–Crippen MR) is 101 cm³/mol. The maximum atomic E-state index is 10.6. The fourth-order valence-corrected chi connectivity index (χ4v) is 4.03. The zero-order valence-corrected chi connectivity index (χ0v) is 17.4. The number of aliphatic hydroxyl groups excluding tert-OH is 9. The van der Waals surface area contributed by atoms with Gasteiger partial charge in [0.15, 0.2) is 12.6 Å². The Morgan fingerprint density at radius 3 is 1.91 bits per heavy atom. The van der Waals surface area contributed by atoms with Crippen LogP contribution in [0.4, 0.5) is 0 Å². The third-order valence-electron chi connectivity index (χ3n) is 6.02. The van der Waals surface area contributed by atoms with Gasteiger partial charge in [0.1, 0.15) is 54.9 Å². The molecule has 10 N–H and O–H groups in total. The molecule has 32 heavy (non-hydrogen) atoms. The lowest BCUT2D eigenvalue weighted by atomic mass is 9.97. The van der Waals surface area contributed by atoms with E-state index in [0.29, 0.717) is 0 Å². The summed E-state index contributed by atoms with van der Waals surface area (Å²) in [5.41, 5.74) is 0. The third-order valence-corrected chi connectivity index (χ3v) is 6.02. The summed E-state index contributed by atoms with van der Waals surface area (Å²) < 4.78 is 21.8. The first kappa shape index (κ1) is 26.1. The molecule has 0 radical (unpaired) electrons. The van der Waals surface area contributed by atoms with Gasteiger partial charge in [-0.15, -0.1) is 0 Å².